The number of carbonyl (C=O) groups is 1. The third-order valence-electron chi connectivity index (χ3n) is 2.95. The number of Topliss-reactive ketones (excluding diaryl/α,β-unsaturated/α-hetero) is 1. The number of rotatable bonds is 3. The van der Waals surface area contributed by atoms with Crippen LogP contribution in [-0.2, 0) is 10.0 Å². The first kappa shape index (κ1) is 13.2. The van der Waals surface area contributed by atoms with Crippen LogP contribution in [0.25, 0.3) is 0 Å². The van der Waals surface area contributed by atoms with Gasteiger partial charge in [-0.15, -0.1) is 0 Å². The van der Waals surface area contributed by atoms with E-state index < -0.39 is 10.0 Å². The zero-order chi connectivity index (χ0) is 13.2. The highest BCUT2D eigenvalue weighted by molar-refractivity contribution is 7.89. The normalized spacial score (nSPS) is 17.6. The predicted octanol–water partition coefficient (Wildman–Crippen LogP) is 0.483. The highest BCUT2D eigenvalue weighted by atomic mass is 32.2. The third-order valence-corrected chi connectivity index (χ3v) is 4.85. The van der Waals surface area contributed by atoms with Crippen LogP contribution in [-0.4, -0.2) is 44.7 Å². The molecule has 0 atom stereocenters. The molecule has 0 aromatic heterocycles. The van der Waals surface area contributed by atoms with Crippen LogP contribution in [0.2, 0.25) is 0 Å². The Hall–Kier alpha value is -1.24. The summed E-state index contributed by atoms with van der Waals surface area (Å²) < 4.78 is 26.1. The molecule has 1 aliphatic rings. The van der Waals surface area contributed by atoms with Crippen molar-refractivity contribution in [1.29, 1.82) is 0 Å². The van der Waals surface area contributed by atoms with Gasteiger partial charge in [0.25, 0.3) is 0 Å². The van der Waals surface area contributed by atoms with Crippen LogP contribution in [0.4, 0.5) is 0 Å². The van der Waals surface area contributed by atoms with Crippen molar-refractivity contribution in [3.05, 3.63) is 29.8 Å². The van der Waals surface area contributed by atoms with Crippen LogP contribution in [0.5, 0.6) is 0 Å². The molecular formula is C12H16N2O3S. The molecule has 1 aliphatic heterocycles. The molecule has 0 spiro atoms. The van der Waals surface area contributed by atoms with Gasteiger partial charge in [-0.1, -0.05) is 12.1 Å². The number of hydrogen-bond donors (Lipinski definition) is 1. The molecule has 5 nitrogen and oxygen atoms in total. The number of benzene rings is 1. The molecular weight excluding hydrogens is 252 g/mol. The summed E-state index contributed by atoms with van der Waals surface area (Å²) >= 11 is 0. The van der Waals surface area contributed by atoms with Crippen LogP contribution in [0, 0.1) is 0 Å². The molecule has 1 saturated heterocycles. The van der Waals surface area contributed by atoms with Gasteiger partial charge in [0.15, 0.2) is 5.78 Å². The summed E-state index contributed by atoms with van der Waals surface area (Å²) in [5.74, 6) is -0.132. The van der Waals surface area contributed by atoms with Gasteiger partial charge in [0.05, 0.1) is 4.90 Å². The minimum absolute atomic E-state index is 0.132. The number of nitrogens with zero attached hydrogens (tertiary/aromatic N) is 1. The van der Waals surface area contributed by atoms with Crippen LogP contribution in [0.15, 0.2) is 29.2 Å². The number of ketones is 1. The zero-order valence-electron chi connectivity index (χ0n) is 10.2. The Labute approximate surface area is 107 Å². The van der Waals surface area contributed by atoms with Crippen molar-refractivity contribution >= 4 is 15.8 Å². The Morgan fingerprint density at radius 1 is 1.28 bits per heavy atom. The summed E-state index contributed by atoms with van der Waals surface area (Å²) in [6, 6.07) is 6.20. The number of sulfonamides is 1. The molecule has 6 heteroatoms. The Morgan fingerprint density at radius 2 is 1.94 bits per heavy atom. The summed E-state index contributed by atoms with van der Waals surface area (Å²) in [5.41, 5.74) is 0.422. The minimum atomic E-state index is -3.48. The zero-order valence-corrected chi connectivity index (χ0v) is 11.0. The average molecular weight is 268 g/mol. The standard InChI is InChI=1S/C12H16N2O3S/c1-10(15)11-3-2-4-12(9-11)18(16,17)14-7-5-13-6-8-14/h2-4,9,13H,5-8H2,1H3. The van der Waals surface area contributed by atoms with Crippen molar-refractivity contribution in [3.63, 3.8) is 0 Å². The maximum atomic E-state index is 12.3. The van der Waals surface area contributed by atoms with Crippen molar-refractivity contribution in [2.24, 2.45) is 0 Å². The second-order valence-electron chi connectivity index (χ2n) is 4.24. The Kier molecular flexibility index (Phi) is 3.79. The van der Waals surface area contributed by atoms with Gasteiger partial charge in [0, 0.05) is 31.7 Å². The SMILES string of the molecule is CC(=O)c1cccc(S(=O)(=O)N2CCNCC2)c1. The van der Waals surface area contributed by atoms with Crippen LogP contribution >= 0.6 is 0 Å². The van der Waals surface area contributed by atoms with E-state index in [0.29, 0.717) is 31.7 Å². The minimum Gasteiger partial charge on any atom is -0.314 e. The van der Waals surface area contributed by atoms with Crippen molar-refractivity contribution in [2.75, 3.05) is 26.2 Å². The lowest BCUT2D eigenvalue weighted by Gasteiger charge is -2.26. The van der Waals surface area contributed by atoms with Crippen molar-refractivity contribution in [2.45, 2.75) is 11.8 Å². The van der Waals surface area contributed by atoms with E-state index in [1.807, 2.05) is 0 Å². The summed E-state index contributed by atoms with van der Waals surface area (Å²) in [6.45, 7) is 3.67. The van der Waals surface area contributed by atoms with Crippen LogP contribution < -0.4 is 5.32 Å². The summed E-state index contributed by atoms with van der Waals surface area (Å²) in [7, 11) is -3.48. The second-order valence-corrected chi connectivity index (χ2v) is 6.18. The summed E-state index contributed by atoms with van der Waals surface area (Å²) in [4.78, 5) is 11.5. The Bertz CT molecular complexity index is 548. The van der Waals surface area contributed by atoms with E-state index in [9.17, 15) is 13.2 Å². The molecule has 0 aliphatic carbocycles. The highest BCUT2D eigenvalue weighted by Gasteiger charge is 2.25. The van der Waals surface area contributed by atoms with E-state index in [0.717, 1.165) is 0 Å². The van der Waals surface area contributed by atoms with Gasteiger partial charge in [0.2, 0.25) is 10.0 Å². The molecule has 0 saturated carbocycles. The number of hydrogen-bond acceptors (Lipinski definition) is 4. The fourth-order valence-corrected chi connectivity index (χ4v) is 3.40. The maximum Gasteiger partial charge on any atom is 0.243 e. The van der Waals surface area contributed by atoms with Gasteiger partial charge in [-0.05, 0) is 19.1 Å². The molecule has 1 fully saturated rings. The summed E-state index contributed by atoms with van der Waals surface area (Å²) in [6.07, 6.45) is 0. The van der Waals surface area contributed by atoms with Crippen molar-refractivity contribution < 1.29 is 13.2 Å². The smallest absolute Gasteiger partial charge is 0.243 e. The topological polar surface area (TPSA) is 66.5 Å². The van der Waals surface area contributed by atoms with Gasteiger partial charge >= 0.3 is 0 Å². The molecule has 1 aromatic rings. The highest BCUT2D eigenvalue weighted by Crippen LogP contribution is 2.17. The van der Waals surface area contributed by atoms with Crippen LogP contribution in [0.1, 0.15) is 17.3 Å². The quantitative estimate of drug-likeness (QED) is 0.810. The number of carbonyl (C=O) groups excluding carboxylic acids is 1. The predicted molar refractivity (Wildman–Crippen MR) is 68.1 cm³/mol. The number of nitrogens with one attached hydrogen (secondary N) is 1. The first-order valence-corrected chi connectivity index (χ1v) is 7.28. The first-order valence-electron chi connectivity index (χ1n) is 5.84. The fraction of sp³-hybridized carbons (Fsp3) is 0.417. The molecule has 0 bridgehead atoms. The molecule has 0 radical (unpaired) electrons. The van der Waals surface area contributed by atoms with Gasteiger partial charge in [-0.2, -0.15) is 4.31 Å². The molecule has 0 unspecified atom stereocenters. The van der Waals surface area contributed by atoms with Crippen LogP contribution in [0.3, 0.4) is 0 Å². The van der Waals surface area contributed by atoms with Gasteiger partial charge in [-0.3, -0.25) is 4.79 Å². The van der Waals surface area contributed by atoms with E-state index in [4.69, 9.17) is 0 Å². The van der Waals surface area contributed by atoms with Gasteiger partial charge < -0.3 is 5.32 Å². The van der Waals surface area contributed by atoms with E-state index in [1.54, 1.807) is 12.1 Å². The molecule has 1 N–H and O–H groups in total. The summed E-state index contributed by atoms with van der Waals surface area (Å²) in [5, 5.41) is 3.11. The lowest BCUT2D eigenvalue weighted by molar-refractivity contribution is 0.101. The first-order chi connectivity index (χ1) is 8.51. The molecule has 0 amide bonds. The molecule has 1 aromatic carbocycles. The monoisotopic (exact) mass is 268 g/mol. The molecule has 2 rings (SSSR count). The average Bonchev–Trinajstić information content (AvgIpc) is 2.40. The molecule has 18 heavy (non-hydrogen) atoms. The Morgan fingerprint density at radius 3 is 2.56 bits per heavy atom. The van der Waals surface area contributed by atoms with Crippen molar-refractivity contribution in [1.82, 2.24) is 9.62 Å². The lowest BCUT2D eigenvalue weighted by atomic mass is 10.2. The van der Waals surface area contributed by atoms with E-state index >= 15 is 0 Å². The molecule has 98 valence electrons. The molecule has 1 heterocycles. The largest absolute Gasteiger partial charge is 0.314 e. The van der Waals surface area contributed by atoms with E-state index in [2.05, 4.69) is 5.32 Å². The van der Waals surface area contributed by atoms with Gasteiger partial charge in [0.1, 0.15) is 0 Å². The van der Waals surface area contributed by atoms with Crippen molar-refractivity contribution in [3.8, 4) is 0 Å². The maximum absolute atomic E-state index is 12.3. The van der Waals surface area contributed by atoms with E-state index in [-0.39, 0.29) is 10.7 Å². The second kappa shape index (κ2) is 5.17. The Balaban J connectivity index is 2.34. The number of piperazine rings is 1. The van der Waals surface area contributed by atoms with E-state index in [1.165, 1.54) is 23.4 Å². The lowest BCUT2D eigenvalue weighted by Crippen LogP contribution is -2.46. The fourth-order valence-electron chi connectivity index (χ4n) is 1.91. The third kappa shape index (κ3) is 2.60. The van der Waals surface area contributed by atoms with Gasteiger partial charge in [-0.25, -0.2) is 8.42 Å².